The molecule has 74 heavy (non-hydrogen) atoms. The van der Waals surface area contributed by atoms with Crippen molar-refractivity contribution in [2.75, 3.05) is 0 Å². The smallest absolute Gasteiger partial charge is 0.161 e. The molecule has 0 atom stereocenters. The van der Waals surface area contributed by atoms with Gasteiger partial charge in [0.15, 0.2) is 5.82 Å². The van der Waals surface area contributed by atoms with Gasteiger partial charge in [-0.1, -0.05) is 144 Å². The first-order valence-electron chi connectivity index (χ1n) is 25.6. The number of nitriles is 1. The molecule has 0 aliphatic heterocycles. The van der Waals surface area contributed by atoms with Crippen molar-refractivity contribution in [3.8, 4) is 73.3 Å². The Labute approximate surface area is 433 Å². The second kappa shape index (κ2) is 17.7. The third kappa shape index (κ3) is 7.77. The van der Waals surface area contributed by atoms with E-state index in [9.17, 15) is 5.26 Å². The molecule has 12 rings (SSSR count). The Balaban J connectivity index is 1.21. The minimum Gasteiger partial charge on any atom is -0.308 e. The van der Waals surface area contributed by atoms with E-state index in [0.717, 1.165) is 94.2 Å². The van der Waals surface area contributed by atoms with Gasteiger partial charge in [-0.2, -0.15) is 5.26 Å². The van der Waals surface area contributed by atoms with Gasteiger partial charge in [-0.25, -0.2) is 9.97 Å². The van der Waals surface area contributed by atoms with Crippen LogP contribution in [0.25, 0.3) is 111 Å². The van der Waals surface area contributed by atoms with Gasteiger partial charge >= 0.3 is 0 Å². The van der Waals surface area contributed by atoms with Crippen LogP contribution in [0.1, 0.15) is 61.5 Å². The van der Waals surface area contributed by atoms with Crippen molar-refractivity contribution in [2.24, 2.45) is 0 Å². The van der Waals surface area contributed by atoms with E-state index in [1.807, 2.05) is 19.9 Å². The Morgan fingerprint density at radius 1 is 0.324 bits per heavy atom. The zero-order chi connectivity index (χ0) is 51.3. The van der Waals surface area contributed by atoms with Crippen LogP contribution in [0, 0.1) is 80.6 Å². The molecule has 9 aromatic carbocycles. The highest BCUT2D eigenvalue weighted by molar-refractivity contribution is 6.13. The summed E-state index contributed by atoms with van der Waals surface area (Å²) in [5.41, 5.74) is 27.8. The molecule has 0 radical (unpaired) electrons. The molecule has 0 saturated heterocycles. The van der Waals surface area contributed by atoms with Gasteiger partial charge in [0.1, 0.15) is 6.07 Å². The topological polar surface area (TPSA) is 59.4 Å². The van der Waals surface area contributed by atoms with Crippen LogP contribution in [0.2, 0.25) is 0 Å². The van der Waals surface area contributed by atoms with Gasteiger partial charge in [-0.05, 0) is 178 Å². The number of benzene rings is 9. The first-order valence-corrected chi connectivity index (χ1v) is 25.6. The fourth-order valence-corrected chi connectivity index (χ4v) is 11.8. The zero-order valence-electron chi connectivity index (χ0n) is 43.8. The highest BCUT2D eigenvalue weighted by Crippen LogP contribution is 2.44. The van der Waals surface area contributed by atoms with Crippen LogP contribution in [0.5, 0.6) is 0 Å². The molecule has 0 amide bonds. The highest BCUT2D eigenvalue weighted by atomic mass is 15.0. The van der Waals surface area contributed by atoms with Gasteiger partial charge in [0.2, 0.25) is 0 Å². The van der Waals surface area contributed by atoms with Crippen molar-refractivity contribution in [3.05, 3.63) is 225 Å². The van der Waals surface area contributed by atoms with E-state index < -0.39 is 0 Å². The number of aryl methyl sites for hydroxylation is 10. The Kier molecular flexibility index (Phi) is 11.1. The predicted molar refractivity (Wildman–Crippen MR) is 310 cm³/mol. The molecule has 0 fully saturated rings. The van der Waals surface area contributed by atoms with E-state index in [1.165, 1.54) is 66.8 Å². The van der Waals surface area contributed by atoms with Crippen LogP contribution in [-0.4, -0.2) is 19.1 Å². The van der Waals surface area contributed by atoms with Crippen molar-refractivity contribution in [3.63, 3.8) is 0 Å². The molecule has 0 aliphatic rings. The van der Waals surface area contributed by atoms with Crippen molar-refractivity contribution in [1.29, 1.82) is 5.26 Å². The number of nitrogens with zero attached hydrogens (tertiary/aromatic N) is 5. The summed E-state index contributed by atoms with van der Waals surface area (Å²) >= 11 is 0. The van der Waals surface area contributed by atoms with Crippen LogP contribution in [0.15, 0.2) is 164 Å². The Morgan fingerprint density at radius 2 is 0.649 bits per heavy atom. The average molecular weight is 956 g/mol. The standard InChI is InChI=1S/C69H57N5/c1-39-11-19-54(43(5)27-39)49-15-23-58-59-24-16-50(55-20-12-40(2)28-44(55)6)33-65(59)73(64(58)32-49)63-37-62(69-71-47(9)31-48(10)72-69)68(36-53(63)38-70)74-66-34-51(56-21-13-41(3)29-45(56)7)17-25-60(66)61-26-18-52(35-67(61)74)57-22-14-42(4)30-46(57)8/h11-37H,1-10H3. The van der Waals surface area contributed by atoms with E-state index in [4.69, 9.17) is 9.97 Å². The highest BCUT2D eigenvalue weighted by Gasteiger charge is 2.25. The lowest BCUT2D eigenvalue weighted by atomic mass is 9.96. The molecule has 358 valence electrons. The molecule has 0 spiro atoms. The Morgan fingerprint density at radius 3 is 0.959 bits per heavy atom. The van der Waals surface area contributed by atoms with Crippen LogP contribution in [-0.2, 0) is 0 Å². The number of aromatic nitrogens is 4. The maximum absolute atomic E-state index is 11.7. The second-order valence-electron chi connectivity index (χ2n) is 20.8. The second-order valence-corrected chi connectivity index (χ2v) is 20.8. The molecule has 3 heterocycles. The lowest BCUT2D eigenvalue weighted by molar-refractivity contribution is 1.05. The SMILES string of the molecule is Cc1ccc(-c2ccc3c4ccc(-c5ccc(C)cc5C)cc4n(-c4cc(-c5nc(C)cc(C)n5)c(-n5c6cc(-c7ccc(C)cc7C)ccc6c6ccc(-c7ccc(C)cc7C)cc65)cc4C#N)c3c2)c(C)c1. The predicted octanol–water partition coefficient (Wildman–Crippen LogP) is 18.0. The van der Waals surface area contributed by atoms with Gasteiger partial charge in [-0.15, -0.1) is 0 Å². The minimum atomic E-state index is 0.534. The molecule has 5 nitrogen and oxygen atoms in total. The summed E-state index contributed by atoms with van der Waals surface area (Å²) in [6, 6.07) is 63.0. The average Bonchev–Trinajstić information content (AvgIpc) is 3.87. The molecule has 5 heteroatoms. The van der Waals surface area contributed by atoms with E-state index in [2.05, 4.69) is 228 Å². The van der Waals surface area contributed by atoms with Gasteiger partial charge in [0.05, 0.1) is 39.0 Å². The fraction of sp³-hybridized carbons (Fsp3) is 0.145. The molecular formula is C69H57N5. The van der Waals surface area contributed by atoms with Crippen molar-refractivity contribution < 1.29 is 0 Å². The van der Waals surface area contributed by atoms with Gasteiger partial charge < -0.3 is 9.13 Å². The molecular weight excluding hydrogens is 899 g/mol. The molecule has 0 aliphatic carbocycles. The van der Waals surface area contributed by atoms with Crippen molar-refractivity contribution in [1.82, 2.24) is 19.1 Å². The fourth-order valence-electron chi connectivity index (χ4n) is 11.8. The zero-order valence-corrected chi connectivity index (χ0v) is 43.8. The van der Waals surface area contributed by atoms with Crippen molar-refractivity contribution in [2.45, 2.75) is 69.2 Å². The Bertz CT molecular complexity index is 4140. The van der Waals surface area contributed by atoms with Gasteiger partial charge in [0.25, 0.3) is 0 Å². The van der Waals surface area contributed by atoms with Crippen LogP contribution < -0.4 is 0 Å². The van der Waals surface area contributed by atoms with Gasteiger partial charge in [0, 0.05) is 38.5 Å². The largest absolute Gasteiger partial charge is 0.308 e. The molecule has 12 aromatic rings. The summed E-state index contributed by atoms with van der Waals surface area (Å²) in [6.07, 6.45) is 0. The van der Waals surface area contributed by atoms with Crippen LogP contribution in [0.3, 0.4) is 0 Å². The summed E-state index contributed by atoms with van der Waals surface area (Å²) in [6.45, 7) is 21.4. The summed E-state index contributed by atoms with van der Waals surface area (Å²) in [7, 11) is 0. The normalized spacial score (nSPS) is 11.6. The first kappa shape index (κ1) is 46.2. The monoisotopic (exact) mass is 955 g/mol. The van der Waals surface area contributed by atoms with E-state index in [-0.39, 0.29) is 0 Å². The van der Waals surface area contributed by atoms with Crippen molar-refractivity contribution >= 4 is 43.6 Å². The summed E-state index contributed by atoms with van der Waals surface area (Å²) < 4.78 is 4.69. The molecule has 0 saturated carbocycles. The maximum Gasteiger partial charge on any atom is 0.161 e. The lowest BCUT2D eigenvalue weighted by Crippen LogP contribution is -2.06. The number of hydrogen-bond donors (Lipinski definition) is 0. The number of rotatable bonds is 7. The van der Waals surface area contributed by atoms with E-state index >= 15 is 0 Å². The molecule has 0 N–H and O–H groups in total. The third-order valence-electron chi connectivity index (χ3n) is 15.2. The summed E-state index contributed by atoms with van der Waals surface area (Å²) in [5, 5.41) is 16.2. The quantitative estimate of drug-likeness (QED) is 0.160. The van der Waals surface area contributed by atoms with Crippen LogP contribution in [0.4, 0.5) is 0 Å². The summed E-state index contributed by atoms with van der Waals surface area (Å²) in [5.74, 6) is 0.599. The third-order valence-corrected chi connectivity index (χ3v) is 15.2. The molecule has 0 unspecified atom stereocenters. The van der Waals surface area contributed by atoms with Crippen LogP contribution >= 0.6 is 0 Å². The maximum atomic E-state index is 11.7. The summed E-state index contributed by atoms with van der Waals surface area (Å²) in [4.78, 5) is 10.5. The first-order chi connectivity index (χ1) is 35.7. The van der Waals surface area contributed by atoms with E-state index in [0.29, 0.717) is 11.4 Å². The number of hydrogen-bond acceptors (Lipinski definition) is 3. The Hall–Kier alpha value is -8.85. The number of fused-ring (bicyclic) bond motifs is 6. The molecule has 3 aromatic heterocycles. The minimum absolute atomic E-state index is 0.534. The lowest BCUT2D eigenvalue weighted by Gasteiger charge is -2.19. The van der Waals surface area contributed by atoms with Gasteiger partial charge in [-0.3, -0.25) is 0 Å². The van der Waals surface area contributed by atoms with E-state index in [1.54, 1.807) is 0 Å². The molecule has 0 bridgehead atoms.